The van der Waals surface area contributed by atoms with Crippen LogP contribution in [0, 0.1) is 11.3 Å². The topological polar surface area (TPSA) is 52.9 Å². The smallest absolute Gasteiger partial charge is 0.237 e. The van der Waals surface area contributed by atoms with Gasteiger partial charge in [-0.05, 0) is 49.4 Å². The third-order valence-electron chi connectivity index (χ3n) is 2.75. The average Bonchev–Trinajstić information content (AvgIpc) is 2.49. The Morgan fingerprint density at radius 2 is 2.00 bits per heavy atom. The van der Waals surface area contributed by atoms with E-state index in [9.17, 15) is 4.79 Å². The van der Waals surface area contributed by atoms with Crippen molar-refractivity contribution < 1.29 is 4.79 Å². The number of carbonyl (C=O) groups is 1. The number of nitrogens with one attached hydrogen (secondary N) is 1. The van der Waals surface area contributed by atoms with Gasteiger partial charge in [0.15, 0.2) is 0 Å². The van der Waals surface area contributed by atoms with E-state index in [1.165, 1.54) is 11.8 Å². The quantitative estimate of drug-likeness (QED) is 0.819. The van der Waals surface area contributed by atoms with Gasteiger partial charge >= 0.3 is 0 Å². The van der Waals surface area contributed by atoms with Crippen molar-refractivity contribution in [3.8, 4) is 6.07 Å². The molecule has 2 rings (SSSR count). The zero-order valence-corrected chi connectivity index (χ0v) is 13.7. The minimum absolute atomic E-state index is 0.0852. The fraction of sp³-hybridized carbons (Fsp3) is 0.125. The molecule has 1 amide bonds. The van der Waals surface area contributed by atoms with Gasteiger partial charge in [-0.1, -0.05) is 22.0 Å². The van der Waals surface area contributed by atoms with E-state index in [1.807, 2.05) is 31.2 Å². The van der Waals surface area contributed by atoms with Crippen molar-refractivity contribution in [2.45, 2.75) is 17.1 Å². The van der Waals surface area contributed by atoms with E-state index in [1.54, 1.807) is 24.3 Å². The second kappa shape index (κ2) is 7.30. The van der Waals surface area contributed by atoms with Crippen LogP contribution < -0.4 is 5.32 Å². The normalized spacial score (nSPS) is 11.5. The maximum Gasteiger partial charge on any atom is 0.237 e. The molecule has 0 spiro atoms. The number of nitriles is 1. The fourth-order valence-corrected chi connectivity index (χ4v) is 2.81. The zero-order valence-electron chi connectivity index (χ0n) is 11.3. The Hall–Kier alpha value is -1.77. The monoisotopic (exact) mass is 360 g/mol. The first kappa shape index (κ1) is 15.6. The highest BCUT2D eigenvalue weighted by molar-refractivity contribution is 9.10. The summed E-state index contributed by atoms with van der Waals surface area (Å²) in [5, 5.41) is 11.5. The number of rotatable bonds is 4. The molecule has 0 heterocycles. The highest BCUT2D eigenvalue weighted by atomic mass is 79.9. The van der Waals surface area contributed by atoms with Crippen molar-refractivity contribution >= 4 is 39.3 Å². The first-order chi connectivity index (χ1) is 10.1. The molecule has 0 saturated heterocycles. The molecule has 0 saturated carbocycles. The summed E-state index contributed by atoms with van der Waals surface area (Å²) < 4.78 is 1.01. The van der Waals surface area contributed by atoms with E-state index in [2.05, 4.69) is 27.3 Å². The number of carbonyl (C=O) groups excluding carboxylic acids is 1. The molecular formula is C16H13BrN2OS. The molecule has 2 aromatic rings. The average molecular weight is 361 g/mol. The Morgan fingerprint density at radius 3 is 2.67 bits per heavy atom. The molecular weight excluding hydrogens is 348 g/mol. The summed E-state index contributed by atoms with van der Waals surface area (Å²) in [6.45, 7) is 1.86. The minimum Gasteiger partial charge on any atom is -0.325 e. The molecule has 0 aromatic heterocycles. The lowest BCUT2D eigenvalue weighted by Gasteiger charge is -2.12. The summed E-state index contributed by atoms with van der Waals surface area (Å²) in [6, 6.07) is 16.8. The molecule has 0 aliphatic heterocycles. The maximum atomic E-state index is 12.2. The van der Waals surface area contributed by atoms with Gasteiger partial charge in [-0.25, -0.2) is 0 Å². The predicted octanol–water partition coefficient (Wildman–Crippen LogP) is 4.44. The Bertz CT molecular complexity index is 679. The van der Waals surface area contributed by atoms with Crippen molar-refractivity contribution in [3.63, 3.8) is 0 Å². The highest BCUT2D eigenvalue weighted by Gasteiger charge is 2.14. The fourth-order valence-electron chi connectivity index (χ4n) is 1.68. The standard InChI is InChI=1S/C16H13BrN2OS/c1-11(21-15-7-5-13(17)6-8-15)16(20)19-14-4-2-3-12(9-14)10-18/h2-9,11H,1H3,(H,19,20)/t11-/m0/s1. The van der Waals surface area contributed by atoms with Gasteiger partial charge in [0.05, 0.1) is 16.9 Å². The second-order valence-electron chi connectivity index (χ2n) is 4.40. The van der Waals surface area contributed by atoms with Crippen LogP contribution in [0.15, 0.2) is 57.9 Å². The molecule has 3 nitrogen and oxygen atoms in total. The lowest BCUT2D eigenvalue weighted by atomic mass is 10.2. The SMILES string of the molecule is C[C@H](Sc1ccc(Br)cc1)C(=O)Nc1cccc(C#N)c1. The maximum absolute atomic E-state index is 12.2. The van der Waals surface area contributed by atoms with Crippen molar-refractivity contribution in [2.75, 3.05) is 5.32 Å². The van der Waals surface area contributed by atoms with Crippen LogP contribution in [0.2, 0.25) is 0 Å². The van der Waals surface area contributed by atoms with E-state index in [0.717, 1.165) is 9.37 Å². The lowest BCUT2D eigenvalue weighted by molar-refractivity contribution is -0.115. The Kier molecular flexibility index (Phi) is 5.43. The van der Waals surface area contributed by atoms with E-state index in [4.69, 9.17) is 5.26 Å². The number of benzene rings is 2. The predicted molar refractivity (Wildman–Crippen MR) is 89.2 cm³/mol. The van der Waals surface area contributed by atoms with Gasteiger partial charge in [-0.15, -0.1) is 11.8 Å². The van der Waals surface area contributed by atoms with Gasteiger partial charge < -0.3 is 5.32 Å². The van der Waals surface area contributed by atoms with Gasteiger partial charge in [0, 0.05) is 15.1 Å². The van der Waals surface area contributed by atoms with Gasteiger partial charge in [0.1, 0.15) is 0 Å². The molecule has 0 bridgehead atoms. The van der Waals surface area contributed by atoms with Crippen LogP contribution in [0.25, 0.3) is 0 Å². The summed E-state index contributed by atoms with van der Waals surface area (Å²) in [7, 11) is 0. The van der Waals surface area contributed by atoms with Crippen molar-refractivity contribution in [3.05, 3.63) is 58.6 Å². The van der Waals surface area contributed by atoms with E-state index in [-0.39, 0.29) is 11.2 Å². The second-order valence-corrected chi connectivity index (χ2v) is 6.73. The van der Waals surface area contributed by atoms with Crippen LogP contribution in [-0.2, 0) is 4.79 Å². The van der Waals surface area contributed by atoms with Gasteiger partial charge in [0.2, 0.25) is 5.91 Å². The molecule has 21 heavy (non-hydrogen) atoms. The number of thioether (sulfide) groups is 1. The summed E-state index contributed by atoms with van der Waals surface area (Å²) in [6.07, 6.45) is 0. The summed E-state index contributed by atoms with van der Waals surface area (Å²) >= 11 is 4.88. The first-order valence-corrected chi connectivity index (χ1v) is 7.99. The van der Waals surface area contributed by atoms with Crippen molar-refractivity contribution in [1.29, 1.82) is 5.26 Å². The Balaban J connectivity index is 1.99. The van der Waals surface area contributed by atoms with Crippen molar-refractivity contribution in [2.24, 2.45) is 0 Å². The molecule has 2 aromatic carbocycles. The Labute approximate surface area is 136 Å². The summed E-state index contributed by atoms with van der Waals surface area (Å²) in [5.41, 5.74) is 1.17. The van der Waals surface area contributed by atoms with E-state index < -0.39 is 0 Å². The molecule has 106 valence electrons. The van der Waals surface area contributed by atoms with Gasteiger partial charge in [-0.3, -0.25) is 4.79 Å². The molecule has 0 fully saturated rings. The first-order valence-electron chi connectivity index (χ1n) is 6.32. The van der Waals surface area contributed by atoms with E-state index >= 15 is 0 Å². The summed E-state index contributed by atoms with van der Waals surface area (Å²) in [4.78, 5) is 13.2. The number of amides is 1. The Morgan fingerprint density at radius 1 is 1.29 bits per heavy atom. The van der Waals surface area contributed by atoms with Crippen LogP contribution in [-0.4, -0.2) is 11.2 Å². The van der Waals surface area contributed by atoms with Gasteiger partial charge in [0.25, 0.3) is 0 Å². The molecule has 0 aliphatic carbocycles. The highest BCUT2D eigenvalue weighted by Crippen LogP contribution is 2.25. The van der Waals surface area contributed by atoms with Crippen molar-refractivity contribution in [1.82, 2.24) is 0 Å². The van der Waals surface area contributed by atoms with Gasteiger partial charge in [-0.2, -0.15) is 5.26 Å². The molecule has 0 aliphatic rings. The largest absolute Gasteiger partial charge is 0.325 e. The number of hydrogen-bond acceptors (Lipinski definition) is 3. The third kappa shape index (κ3) is 4.62. The van der Waals surface area contributed by atoms with E-state index in [0.29, 0.717) is 11.3 Å². The van der Waals surface area contributed by atoms with Crippen LogP contribution >= 0.6 is 27.7 Å². The number of nitrogens with zero attached hydrogens (tertiary/aromatic N) is 1. The molecule has 1 N–H and O–H groups in total. The molecule has 0 radical (unpaired) electrons. The van der Waals surface area contributed by atoms with Crippen LogP contribution in [0.3, 0.4) is 0 Å². The number of hydrogen-bond donors (Lipinski definition) is 1. The number of anilines is 1. The third-order valence-corrected chi connectivity index (χ3v) is 4.40. The lowest BCUT2D eigenvalue weighted by Crippen LogP contribution is -2.22. The van der Waals surface area contributed by atoms with Crippen LogP contribution in [0.1, 0.15) is 12.5 Å². The molecule has 1 atom stereocenters. The zero-order chi connectivity index (χ0) is 15.2. The molecule has 0 unspecified atom stereocenters. The minimum atomic E-state index is -0.225. The summed E-state index contributed by atoms with van der Waals surface area (Å²) in [5.74, 6) is -0.0852. The van der Waals surface area contributed by atoms with Crippen LogP contribution in [0.4, 0.5) is 5.69 Å². The molecule has 5 heteroatoms. The number of halogens is 1. The van der Waals surface area contributed by atoms with Crippen LogP contribution in [0.5, 0.6) is 0 Å².